The Bertz CT molecular complexity index is 413. The average molecular weight is 238 g/mol. The monoisotopic (exact) mass is 238 g/mol. The summed E-state index contributed by atoms with van der Waals surface area (Å²) in [7, 11) is 0. The molecule has 0 radical (unpaired) electrons. The van der Waals surface area contributed by atoms with E-state index in [4.69, 9.17) is 5.26 Å². The van der Waals surface area contributed by atoms with Gasteiger partial charge in [-0.1, -0.05) is 13.8 Å². The van der Waals surface area contributed by atoms with Gasteiger partial charge in [-0.2, -0.15) is 5.26 Å². The molecule has 2 nitrogen and oxygen atoms in total. The van der Waals surface area contributed by atoms with E-state index in [1.54, 1.807) is 6.07 Å². The highest BCUT2D eigenvalue weighted by atomic mass is 19.1. The first-order valence-corrected chi connectivity index (χ1v) is 5.59. The quantitative estimate of drug-likeness (QED) is 0.868. The standard InChI is InChI=1S/C13H16F2N2/c1-8(2)4-9(3)17-13-11(14)5-10(7-16)6-12(13)15/h5-6,8-9,17H,4H2,1-3H3. The highest BCUT2D eigenvalue weighted by molar-refractivity contribution is 5.50. The molecular weight excluding hydrogens is 222 g/mol. The van der Waals surface area contributed by atoms with Crippen molar-refractivity contribution >= 4 is 5.69 Å². The first kappa shape index (κ1) is 13.4. The minimum atomic E-state index is -0.725. The van der Waals surface area contributed by atoms with E-state index in [9.17, 15) is 8.78 Å². The Hall–Kier alpha value is -1.63. The molecular formula is C13H16F2N2. The van der Waals surface area contributed by atoms with Crippen molar-refractivity contribution in [2.75, 3.05) is 5.32 Å². The predicted molar refractivity (Wildman–Crippen MR) is 63.6 cm³/mol. The molecule has 1 unspecified atom stereocenters. The maximum Gasteiger partial charge on any atom is 0.150 e. The van der Waals surface area contributed by atoms with Crippen molar-refractivity contribution in [1.82, 2.24) is 0 Å². The number of benzene rings is 1. The van der Waals surface area contributed by atoms with Gasteiger partial charge < -0.3 is 5.32 Å². The number of nitrogens with zero attached hydrogens (tertiary/aromatic N) is 1. The molecule has 0 aliphatic rings. The molecule has 92 valence electrons. The molecule has 0 saturated heterocycles. The maximum absolute atomic E-state index is 13.5. The van der Waals surface area contributed by atoms with Crippen LogP contribution in [-0.4, -0.2) is 6.04 Å². The zero-order valence-corrected chi connectivity index (χ0v) is 10.2. The second kappa shape index (κ2) is 5.62. The lowest BCUT2D eigenvalue weighted by atomic mass is 10.0. The Morgan fingerprint density at radius 1 is 1.24 bits per heavy atom. The third-order valence-corrected chi connectivity index (χ3v) is 2.39. The van der Waals surface area contributed by atoms with Crippen molar-refractivity contribution in [2.24, 2.45) is 5.92 Å². The number of nitrogens with one attached hydrogen (secondary N) is 1. The number of nitriles is 1. The highest BCUT2D eigenvalue weighted by Crippen LogP contribution is 2.22. The summed E-state index contributed by atoms with van der Waals surface area (Å²) in [6.45, 7) is 5.96. The van der Waals surface area contributed by atoms with E-state index in [1.807, 2.05) is 20.8 Å². The highest BCUT2D eigenvalue weighted by Gasteiger charge is 2.14. The number of rotatable bonds is 4. The molecule has 1 aromatic rings. The van der Waals surface area contributed by atoms with Gasteiger partial charge in [0.05, 0.1) is 11.6 Å². The fraction of sp³-hybridized carbons (Fsp3) is 0.462. The number of hydrogen-bond acceptors (Lipinski definition) is 2. The third kappa shape index (κ3) is 3.70. The van der Waals surface area contributed by atoms with Crippen LogP contribution in [0, 0.1) is 28.9 Å². The van der Waals surface area contributed by atoms with E-state index in [-0.39, 0.29) is 17.3 Å². The lowest BCUT2D eigenvalue weighted by Gasteiger charge is -2.18. The summed E-state index contributed by atoms with van der Waals surface area (Å²) in [5, 5.41) is 11.4. The summed E-state index contributed by atoms with van der Waals surface area (Å²) in [6, 6.07) is 3.76. The number of halogens is 2. The van der Waals surface area contributed by atoms with Gasteiger partial charge in [0.1, 0.15) is 5.69 Å². The van der Waals surface area contributed by atoms with Crippen LogP contribution in [-0.2, 0) is 0 Å². The lowest BCUT2D eigenvalue weighted by Crippen LogP contribution is -2.19. The number of hydrogen-bond donors (Lipinski definition) is 1. The third-order valence-electron chi connectivity index (χ3n) is 2.39. The summed E-state index contributed by atoms with van der Waals surface area (Å²) in [5.41, 5.74) is -0.167. The van der Waals surface area contributed by atoms with E-state index >= 15 is 0 Å². The van der Waals surface area contributed by atoms with E-state index in [2.05, 4.69) is 5.32 Å². The fourth-order valence-corrected chi connectivity index (χ4v) is 1.79. The van der Waals surface area contributed by atoms with Crippen LogP contribution in [0.5, 0.6) is 0 Å². The molecule has 1 atom stereocenters. The molecule has 0 fully saturated rings. The van der Waals surface area contributed by atoms with Gasteiger partial charge in [0.15, 0.2) is 11.6 Å². The summed E-state index contributed by atoms with van der Waals surface area (Å²) >= 11 is 0. The van der Waals surface area contributed by atoms with Gasteiger partial charge in [0.2, 0.25) is 0 Å². The van der Waals surface area contributed by atoms with E-state index in [1.165, 1.54) is 0 Å². The normalized spacial score (nSPS) is 12.3. The minimum Gasteiger partial charge on any atom is -0.378 e. The Labute approximate surface area is 100 Å². The molecule has 1 N–H and O–H groups in total. The van der Waals surface area contributed by atoms with Crippen LogP contribution in [0.3, 0.4) is 0 Å². The second-order valence-electron chi connectivity index (χ2n) is 4.60. The van der Waals surface area contributed by atoms with Gasteiger partial charge in [0, 0.05) is 6.04 Å². The Morgan fingerprint density at radius 3 is 2.18 bits per heavy atom. The molecule has 0 bridgehead atoms. The van der Waals surface area contributed by atoms with Crippen molar-refractivity contribution in [1.29, 1.82) is 5.26 Å². The summed E-state index contributed by atoms with van der Waals surface area (Å²) in [6.07, 6.45) is 0.818. The topological polar surface area (TPSA) is 35.8 Å². The van der Waals surface area contributed by atoms with E-state index < -0.39 is 11.6 Å². The molecule has 0 heterocycles. The van der Waals surface area contributed by atoms with Crippen LogP contribution < -0.4 is 5.32 Å². The maximum atomic E-state index is 13.5. The van der Waals surface area contributed by atoms with Crippen LogP contribution in [0.2, 0.25) is 0 Å². The Kier molecular flexibility index (Phi) is 4.45. The summed E-state index contributed by atoms with van der Waals surface area (Å²) in [4.78, 5) is 0. The summed E-state index contributed by atoms with van der Waals surface area (Å²) in [5.74, 6) is -1.00. The smallest absolute Gasteiger partial charge is 0.150 e. The molecule has 0 aliphatic heterocycles. The fourth-order valence-electron chi connectivity index (χ4n) is 1.79. The van der Waals surface area contributed by atoms with Crippen molar-refractivity contribution in [3.05, 3.63) is 29.3 Å². The van der Waals surface area contributed by atoms with Crippen molar-refractivity contribution in [3.8, 4) is 6.07 Å². The minimum absolute atomic E-state index is 0.0120. The van der Waals surface area contributed by atoms with E-state index in [0.29, 0.717) is 5.92 Å². The first-order chi connectivity index (χ1) is 7.93. The molecule has 17 heavy (non-hydrogen) atoms. The Morgan fingerprint density at radius 2 is 1.76 bits per heavy atom. The van der Waals surface area contributed by atoms with Crippen LogP contribution in [0.1, 0.15) is 32.8 Å². The molecule has 0 aliphatic carbocycles. The van der Waals surface area contributed by atoms with Gasteiger partial charge >= 0.3 is 0 Å². The molecule has 0 amide bonds. The SMILES string of the molecule is CC(C)CC(C)Nc1c(F)cc(C#N)cc1F. The lowest BCUT2D eigenvalue weighted by molar-refractivity contribution is 0.528. The Balaban J connectivity index is 2.89. The zero-order valence-electron chi connectivity index (χ0n) is 10.2. The molecule has 1 rings (SSSR count). The largest absolute Gasteiger partial charge is 0.378 e. The summed E-state index contributed by atoms with van der Waals surface area (Å²) < 4.78 is 27.1. The molecule has 0 spiro atoms. The van der Waals surface area contributed by atoms with Crippen molar-refractivity contribution in [3.63, 3.8) is 0 Å². The number of anilines is 1. The van der Waals surface area contributed by atoms with Crippen LogP contribution in [0.25, 0.3) is 0 Å². The van der Waals surface area contributed by atoms with Crippen molar-refractivity contribution < 1.29 is 8.78 Å². The van der Waals surface area contributed by atoms with Gasteiger partial charge in [0.25, 0.3) is 0 Å². The molecule has 0 aromatic heterocycles. The van der Waals surface area contributed by atoms with Crippen LogP contribution in [0.4, 0.5) is 14.5 Å². The first-order valence-electron chi connectivity index (χ1n) is 5.59. The van der Waals surface area contributed by atoms with Gasteiger partial charge in [-0.25, -0.2) is 8.78 Å². The predicted octanol–water partition coefficient (Wildman–Crippen LogP) is 3.68. The van der Waals surface area contributed by atoms with Gasteiger partial charge in [-0.05, 0) is 31.4 Å². The van der Waals surface area contributed by atoms with Gasteiger partial charge in [-0.15, -0.1) is 0 Å². The van der Waals surface area contributed by atoms with Crippen LogP contribution >= 0.6 is 0 Å². The van der Waals surface area contributed by atoms with Crippen molar-refractivity contribution in [2.45, 2.75) is 33.2 Å². The van der Waals surface area contributed by atoms with Gasteiger partial charge in [-0.3, -0.25) is 0 Å². The molecule has 0 saturated carbocycles. The van der Waals surface area contributed by atoms with Crippen LogP contribution in [0.15, 0.2) is 12.1 Å². The molecule has 4 heteroatoms. The second-order valence-corrected chi connectivity index (χ2v) is 4.60. The zero-order chi connectivity index (χ0) is 13.0. The average Bonchev–Trinajstić information content (AvgIpc) is 2.22. The molecule has 1 aromatic carbocycles. The van der Waals surface area contributed by atoms with E-state index in [0.717, 1.165) is 18.6 Å².